The van der Waals surface area contributed by atoms with Crippen LogP contribution in [0.3, 0.4) is 0 Å². The van der Waals surface area contributed by atoms with E-state index in [4.69, 9.17) is 0 Å². The van der Waals surface area contributed by atoms with E-state index in [9.17, 15) is 4.79 Å². The monoisotopic (exact) mass is 219 g/mol. The molecule has 1 aromatic heterocycles. The smallest absolute Gasteiger partial charge is 0.241 e. The van der Waals surface area contributed by atoms with Gasteiger partial charge in [-0.3, -0.25) is 9.78 Å². The van der Waals surface area contributed by atoms with E-state index in [1.165, 1.54) is 0 Å². The Morgan fingerprint density at radius 3 is 2.94 bits per heavy atom. The molecule has 0 bridgehead atoms. The Hall–Kier alpha value is -1.58. The third kappa shape index (κ3) is 2.51. The average Bonchev–Trinajstić information content (AvgIpc) is 2.81. The van der Waals surface area contributed by atoms with Gasteiger partial charge in [-0.05, 0) is 31.4 Å². The van der Waals surface area contributed by atoms with Crippen molar-refractivity contribution in [1.82, 2.24) is 9.88 Å². The van der Waals surface area contributed by atoms with Crippen molar-refractivity contribution >= 4 is 11.6 Å². The lowest BCUT2D eigenvalue weighted by Gasteiger charge is -2.16. The number of likely N-dealkylation sites (tertiary alicyclic amines) is 1. The summed E-state index contributed by atoms with van der Waals surface area (Å²) in [4.78, 5) is 17.7. The number of rotatable bonds is 3. The van der Waals surface area contributed by atoms with Gasteiger partial charge >= 0.3 is 0 Å². The molecular weight excluding hydrogens is 202 g/mol. The number of carbonyl (C=O) groups is 1. The van der Waals surface area contributed by atoms with Gasteiger partial charge in [0, 0.05) is 31.2 Å². The third-order valence-corrected chi connectivity index (χ3v) is 2.91. The topological polar surface area (TPSA) is 45.2 Å². The highest BCUT2D eigenvalue weighted by molar-refractivity contribution is 5.81. The molecule has 0 atom stereocenters. The van der Waals surface area contributed by atoms with E-state index < -0.39 is 0 Å². The van der Waals surface area contributed by atoms with Gasteiger partial charge in [-0.25, -0.2) is 0 Å². The second kappa shape index (κ2) is 4.96. The highest BCUT2D eigenvalue weighted by Crippen LogP contribution is 2.12. The number of hydrogen-bond donors (Lipinski definition) is 1. The van der Waals surface area contributed by atoms with Crippen LogP contribution in [-0.2, 0) is 4.79 Å². The molecule has 1 aliphatic heterocycles. The first kappa shape index (κ1) is 10.9. The van der Waals surface area contributed by atoms with Crippen molar-refractivity contribution in [2.24, 2.45) is 0 Å². The first-order valence-electron chi connectivity index (χ1n) is 5.69. The zero-order valence-electron chi connectivity index (χ0n) is 9.57. The molecule has 1 saturated heterocycles. The average molecular weight is 219 g/mol. The molecule has 2 heterocycles. The molecular formula is C12H17N3O. The maximum absolute atomic E-state index is 11.8. The molecule has 0 aromatic carbocycles. The van der Waals surface area contributed by atoms with Gasteiger partial charge in [0.1, 0.15) is 0 Å². The van der Waals surface area contributed by atoms with E-state index in [1.807, 2.05) is 17.9 Å². The summed E-state index contributed by atoms with van der Waals surface area (Å²) in [5.74, 6) is 0.189. The number of nitrogens with one attached hydrogen (secondary N) is 1. The van der Waals surface area contributed by atoms with E-state index in [-0.39, 0.29) is 5.91 Å². The molecule has 1 amide bonds. The number of amides is 1. The minimum Gasteiger partial charge on any atom is -0.376 e. The van der Waals surface area contributed by atoms with Gasteiger partial charge in [0.25, 0.3) is 0 Å². The molecule has 0 radical (unpaired) electrons. The van der Waals surface area contributed by atoms with Crippen LogP contribution in [0.4, 0.5) is 5.69 Å². The van der Waals surface area contributed by atoms with Gasteiger partial charge in [0.2, 0.25) is 5.91 Å². The fraction of sp³-hybridized carbons (Fsp3) is 0.500. The van der Waals surface area contributed by atoms with Crippen LogP contribution in [0.1, 0.15) is 18.4 Å². The van der Waals surface area contributed by atoms with Crippen molar-refractivity contribution < 1.29 is 4.79 Å². The highest BCUT2D eigenvalue weighted by Gasteiger charge is 2.17. The van der Waals surface area contributed by atoms with Crippen molar-refractivity contribution in [3.63, 3.8) is 0 Å². The Morgan fingerprint density at radius 1 is 1.50 bits per heavy atom. The summed E-state index contributed by atoms with van der Waals surface area (Å²) in [6.07, 6.45) is 5.80. The molecule has 16 heavy (non-hydrogen) atoms. The van der Waals surface area contributed by atoms with Crippen molar-refractivity contribution in [3.05, 3.63) is 24.0 Å². The van der Waals surface area contributed by atoms with Gasteiger partial charge in [0.15, 0.2) is 0 Å². The zero-order valence-corrected chi connectivity index (χ0v) is 9.57. The van der Waals surface area contributed by atoms with Crippen LogP contribution in [0.25, 0.3) is 0 Å². The Bertz CT molecular complexity index is 372. The fourth-order valence-electron chi connectivity index (χ4n) is 1.92. The fourth-order valence-corrected chi connectivity index (χ4v) is 1.92. The molecule has 0 unspecified atom stereocenters. The van der Waals surface area contributed by atoms with Crippen LogP contribution in [-0.4, -0.2) is 35.4 Å². The number of nitrogens with zero attached hydrogens (tertiary/aromatic N) is 2. The molecule has 2 rings (SSSR count). The van der Waals surface area contributed by atoms with Gasteiger partial charge in [-0.2, -0.15) is 0 Å². The summed E-state index contributed by atoms with van der Waals surface area (Å²) in [5.41, 5.74) is 2.05. The van der Waals surface area contributed by atoms with E-state index in [0.29, 0.717) is 6.54 Å². The van der Waals surface area contributed by atoms with Crippen molar-refractivity contribution in [2.75, 3.05) is 25.0 Å². The van der Waals surface area contributed by atoms with Crippen LogP contribution < -0.4 is 5.32 Å². The van der Waals surface area contributed by atoms with Crippen molar-refractivity contribution in [3.8, 4) is 0 Å². The Balaban J connectivity index is 1.87. The molecule has 1 fully saturated rings. The minimum atomic E-state index is 0.189. The first-order chi connectivity index (χ1) is 7.77. The summed E-state index contributed by atoms with van der Waals surface area (Å²) in [6, 6.07) is 1.90. The van der Waals surface area contributed by atoms with Crippen LogP contribution in [0, 0.1) is 6.92 Å². The summed E-state index contributed by atoms with van der Waals surface area (Å²) >= 11 is 0. The Labute approximate surface area is 95.7 Å². The number of aryl methyl sites for hydroxylation is 1. The molecule has 0 spiro atoms. The summed E-state index contributed by atoms with van der Waals surface area (Å²) < 4.78 is 0. The zero-order chi connectivity index (χ0) is 11.4. The normalized spacial score (nSPS) is 15.2. The van der Waals surface area contributed by atoms with E-state index in [1.54, 1.807) is 12.4 Å². The highest BCUT2D eigenvalue weighted by atomic mass is 16.2. The van der Waals surface area contributed by atoms with Crippen molar-refractivity contribution in [2.45, 2.75) is 19.8 Å². The number of aromatic nitrogens is 1. The summed E-state index contributed by atoms with van der Waals surface area (Å²) in [6.45, 7) is 4.19. The third-order valence-electron chi connectivity index (χ3n) is 2.91. The van der Waals surface area contributed by atoms with Gasteiger partial charge < -0.3 is 10.2 Å². The SMILES string of the molecule is Cc1cnccc1NCC(=O)N1CCCC1. The molecule has 86 valence electrons. The predicted octanol–water partition coefficient (Wildman–Crippen LogP) is 1.42. The molecule has 1 aliphatic rings. The number of pyridine rings is 1. The van der Waals surface area contributed by atoms with Crippen LogP contribution >= 0.6 is 0 Å². The number of anilines is 1. The molecule has 1 N–H and O–H groups in total. The van der Waals surface area contributed by atoms with E-state index >= 15 is 0 Å². The quantitative estimate of drug-likeness (QED) is 0.836. The molecule has 0 aliphatic carbocycles. The Kier molecular flexibility index (Phi) is 3.39. The summed E-state index contributed by atoms with van der Waals surface area (Å²) in [5, 5.41) is 3.16. The lowest BCUT2D eigenvalue weighted by Crippen LogP contribution is -2.33. The second-order valence-electron chi connectivity index (χ2n) is 4.13. The van der Waals surface area contributed by atoms with Crippen LogP contribution in [0.2, 0.25) is 0 Å². The van der Waals surface area contributed by atoms with Crippen LogP contribution in [0.5, 0.6) is 0 Å². The van der Waals surface area contributed by atoms with Gasteiger partial charge in [0.05, 0.1) is 6.54 Å². The summed E-state index contributed by atoms with van der Waals surface area (Å²) in [7, 11) is 0. The molecule has 4 heteroatoms. The second-order valence-corrected chi connectivity index (χ2v) is 4.13. The maximum Gasteiger partial charge on any atom is 0.241 e. The largest absolute Gasteiger partial charge is 0.376 e. The van der Waals surface area contributed by atoms with Crippen LogP contribution in [0.15, 0.2) is 18.5 Å². The van der Waals surface area contributed by atoms with E-state index in [0.717, 1.165) is 37.2 Å². The predicted molar refractivity (Wildman–Crippen MR) is 63.3 cm³/mol. The lowest BCUT2D eigenvalue weighted by atomic mass is 10.2. The van der Waals surface area contributed by atoms with Crippen molar-refractivity contribution in [1.29, 1.82) is 0 Å². The van der Waals surface area contributed by atoms with Gasteiger partial charge in [-0.15, -0.1) is 0 Å². The van der Waals surface area contributed by atoms with E-state index in [2.05, 4.69) is 10.3 Å². The molecule has 0 saturated carbocycles. The maximum atomic E-state index is 11.8. The number of hydrogen-bond acceptors (Lipinski definition) is 3. The lowest BCUT2D eigenvalue weighted by molar-refractivity contribution is -0.128. The van der Waals surface area contributed by atoms with Gasteiger partial charge in [-0.1, -0.05) is 0 Å². The first-order valence-corrected chi connectivity index (χ1v) is 5.69. The minimum absolute atomic E-state index is 0.189. The standard InChI is InChI=1S/C12H17N3O/c1-10-8-13-5-4-11(10)14-9-12(16)15-6-2-3-7-15/h4-5,8H,2-3,6-7,9H2,1H3,(H,13,14). The number of carbonyl (C=O) groups excluding carboxylic acids is 1. The Morgan fingerprint density at radius 2 is 2.25 bits per heavy atom. The molecule has 1 aromatic rings. The molecule has 4 nitrogen and oxygen atoms in total.